The molecule has 1 unspecified atom stereocenters. The first-order valence-corrected chi connectivity index (χ1v) is 12.2. The SMILES string of the molecule is CCOC(=O)C(C)(C)c1ccc(NC(=O)C2c3ccc(OC)cc3CCN2C(=O)OC(C)(C)C)cc1F. The molecule has 0 radical (unpaired) electrons. The van der Waals surface area contributed by atoms with Gasteiger partial charge >= 0.3 is 12.1 Å². The van der Waals surface area contributed by atoms with Crippen LogP contribution < -0.4 is 10.1 Å². The second kappa shape index (κ2) is 10.8. The number of ether oxygens (including phenoxy) is 3. The maximum absolute atomic E-state index is 15.1. The number of carbonyl (C=O) groups excluding carboxylic acids is 3. The number of nitrogens with one attached hydrogen (secondary N) is 1. The van der Waals surface area contributed by atoms with Crippen LogP contribution in [0.3, 0.4) is 0 Å². The zero-order valence-corrected chi connectivity index (χ0v) is 22.4. The van der Waals surface area contributed by atoms with Crippen LogP contribution >= 0.6 is 0 Å². The minimum Gasteiger partial charge on any atom is -0.497 e. The Bertz CT molecular complexity index is 1190. The lowest BCUT2D eigenvalue weighted by Gasteiger charge is -2.37. The van der Waals surface area contributed by atoms with E-state index in [2.05, 4.69) is 5.32 Å². The van der Waals surface area contributed by atoms with Gasteiger partial charge in [-0.1, -0.05) is 12.1 Å². The normalized spacial score (nSPS) is 15.5. The first-order chi connectivity index (χ1) is 17.3. The number of esters is 1. The lowest BCUT2D eigenvalue weighted by molar-refractivity contribution is -0.148. The number of benzene rings is 2. The summed E-state index contributed by atoms with van der Waals surface area (Å²) in [6.07, 6.45) is -0.103. The Labute approximate surface area is 217 Å². The Morgan fingerprint density at radius 3 is 2.38 bits per heavy atom. The Balaban J connectivity index is 1.93. The molecule has 0 bridgehead atoms. The third-order valence-electron chi connectivity index (χ3n) is 6.15. The topological polar surface area (TPSA) is 94.2 Å². The van der Waals surface area contributed by atoms with Gasteiger partial charge in [0.2, 0.25) is 0 Å². The van der Waals surface area contributed by atoms with Crippen molar-refractivity contribution < 1.29 is 33.0 Å². The summed E-state index contributed by atoms with van der Waals surface area (Å²) >= 11 is 0. The van der Waals surface area contributed by atoms with E-state index in [4.69, 9.17) is 14.2 Å². The summed E-state index contributed by atoms with van der Waals surface area (Å²) in [4.78, 5) is 40.3. The molecule has 0 saturated heterocycles. The van der Waals surface area contributed by atoms with E-state index in [-0.39, 0.29) is 24.4 Å². The number of hydrogen-bond acceptors (Lipinski definition) is 6. The van der Waals surface area contributed by atoms with Crippen molar-refractivity contribution in [2.24, 2.45) is 0 Å². The number of anilines is 1. The molecule has 0 aliphatic carbocycles. The van der Waals surface area contributed by atoms with Crippen molar-refractivity contribution in [3.8, 4) is 5.75 Å². The van der Waals surface area contributed by atoms with Gasteiger partial charge in [0.05, 0.1) is 19.1 Å². The summed E-state index contributed by atoms with van der Waals surface area (Å²) in [5.41, 5.74) is -0.112. The van der Waals surface area contributed by atoms with Crippen LogP contribution in [0.4, 0.5) is 14.9 Å². The molecule has 2 aromatic carbocycles. The van der Waals surface area contributed by atoms with Crippen molar-refractivity contribution in [2.45, 2.75) is 65.0 Å². The first kappa shape index (κ1) is 28.0. The van der Waals surface area contributed by atoms with Gasteiger partial charge in [0, 0.05) is 17.8 Å². The van der Waals surface area contributed by atoms with Crippen LogP contribution in [0.25, 0.3) is 0 Å². The lowest BCUT2D eigenvalue weighted by atomic mass is 9.84. The molecule has 37 heavy (non-hydrogen) atoms. The predicted molar refractivity (Wildman–Crippen MR) is 137 cm³/mol. The third kappa shape index (κ3) is 6.21. The fraction of sp³-hybridized carbons (Fsp3) is 0.464. The monoisotopic (exact) mass is 514 g/mol. The molecule has 1 atom stereocenters. The molecule has 0 saturated carbocycles. The van der Waals surface area contributed by atoms with Gasteiger partial charge in [-0.05, 0) is 83.4 Å². The molecule has 9 heteroatoms. The summed E-state index contributed by atoms with van der Waals surface area (Å²) in [7, 11) is 1.56. The number of rotatable bonds is 6. The Morgan fingerprint density at radius 2 is 1.78 bits per heavy atom. The van der Waals surface area contributed by atoms with Crippen molar-refractivity contribution in [2.75, 3.05) is 25.6 Å². The molecular weight excluding hydrogens is 479 g/mol. The van der Waals surface area contributed by atoms with E-state index in [1.165, 1.54) is 17.0 Å². The molecule has 1 aliphatic rings. The Morgan fingerprint density at radius 1 is 1.08 bits per heavy atom. The molecule has 2 amide bonds. The van der Waals surface area contributed by atoms with E-state index in [1.807, 2.05) is 6.07 Å². The van der Waals surface area contributed by atoms with Crippen LogP contribution in [0.5, 0.6) is 5.75 Å². The quantitative estimate of drug-likeness (QED) is 0.536. The van der Waals surface area contributed by atoms with Gasteiger partial charge in [0.15, 0.2) is 0 Å². The number of carbonyl (C=O) groups is 3. The van der Waals surface area contributed by atoms with Crippen LogP contribution in [0.2, 0.25) is 0 Å². The van der Waals surface area contributed by atoms with Gasteiger partial charge in [-0.3, -0.25) is 14.5 Å². The molecule has 0 spiro atoms. The van der Waals surface area contributed by atoms with Crippen LogP contribution in [-0.2, 0) is 30.9 Å². The standard InChI is InChI=1S/C28H35FN2O6/c1-8-36-25(33)28(5,6)21-12-9-18(16-22(21)29)30-24(32)23-20-11-10-19(35-7)15-17(20)13-14-31(23)26(34)37-27(2,3)4/h9-12,15-16,23H,8,13-14H2,1-7H3,(H,30,32). The van der Waals surface area contributed by atoms with Gasteiger partial charge in [-0.2, -0.15) is 0 Å². The molecule has 0 aromatic heterocycles. The predicted octanol–water partition coefficient (Wildman–Crippen LogP) is 5.15. The molecular formula is C28H35FN2O6. The Kier molecular flexibility index (Phi) is 8.15. The third-order valence-corrected chi connectivity index (χ3v) is 6.15. The summed E-state index contributed by atoms with van der Waals surface area (Å²) in [5, 5.41) is 2.73. The zero-order valence-electron chi connectivity index (χ0n) is 22.4. The van der Waals surface area contributed by atoms with E-state index in [9.17, 15) is 14.4 Å². The van der Waals surface area contributed by atoms with Crippen molar-refractivity contribution in [3.63, 3.8) is 0 Å². The highest BCUT2D eigenvalue weighted by molar-refractivity contribution is 5.98. The van der Waals surface area contributed by atoms with Gasteiger partial charge < -0.3 is 19.5 Å². The highest BCUT2D eigenvalue weighted by atomic mass is 19.1. The number of nitrogens with zero attached hydrogens (tertiary/aromatic N) is 1. The maximum atomic E-state index is 15.1. The summed E-state index contributed by atoms with van der Waals surface area (Å²) < 4.78 is 31.0. The number of amides is 2. The van der Waals surface area contributed by atoms with Crippen LogP contribution in [0.15, 0.2) is 36.4 Å². The lowest BCUT2D eigenvalue weighted by Crippen LogP contribution is -2.47. The summed E-state index contributed by atoms with van der Waals surface area (Å²) in [5.74, 6) is -1.08. The van der Waals surface area contributed by atoms with Crippen LogP contribution in [0.1, 0.15) is 64.3 Å². The first-order valence-electron chi connectivity index (χ1n) is 12.2. The van der Waals surface area contributed by atoms with E-state index < -0.39 is 40.8 Å². The molecule has 200 valence electrons. The average molecular weight is 515 g/mol. The number of methoxy groups -OCH3 is 1. The average Bonchev–Trinajstić information content (AvgIpc) is 2.81. The largest absolute Gasteiger partial charge is 0.497 e. The molecule has 2 aromatic rings. The van der Waals surface area contributed by atoms with Crippen molar-refractivity contribution in [1.29, 1.82) is 0 Å². The fourth-order valence-corrected chi connectivity index (χ4v) is 4.26. The minimum absolute atomic E-state index is 0.148. The molecule has 8 nitrogen and oxygen atoms in total. The van der Waals surface area contributed by atoms with Crippen LogP contribution in [0, 0.1) is 5.82 Å². The smallest absolute Gasteiger partial charge is 0.411 e. The Hall–Kier alpha value is -3.62. The van der Waals surface area contributed by atoms with E-state index in [0.717, 1.165) is 11.6 Å². The maximum Gasteiger partial charge on any atom is 0.411 e. The zero-order chi connectivity index (χ0) is 27.5. The van der Waals surface area contributed by atoms with E-state index in [0.29, 0.717) is 17.7 Å². The van der Waals surface area contributed by atoms with E-state index in [1.54, 1.807) is 60.8 Å². The number of halogens is 1. The van der Waals surface area contributed by atoms with Gasteiger partial charge in [-0.25, -0.2) is 9.18 Å². The molecule has 1 N–H and O–H groups in total. The minimum atomic E-state index is -1.21. The van der Waals surface area contributed by atoms with Crippen molar-refractivity contribution in [1.82, 2.24) is 4.90 Å². The number of hydrogen-bond donors (Lipinski definition) is 1. The summed E-state index contributed by atoms with van der Waals surface area (Å²) in [6.45, 7) is 10.5. The van der Waals surface area contributed by atoms with E-state index >= 15 is 4.39 Å². The molecule has 1 aliphatic heterocycles. The van der Waals surface area contributed by atoms with Crippen LogP contribution in [-0.4, -0.2) is 48.7 Å². The van der Waals surface area contributed by atoms with Gasteiger partial charge in [0.25, 0.3) is 5.91 Å². The highest BCUT2D eigenvalue weighted by Crippen LogP contribution is 2.35. The molecule has 3 rings (SSSR count). The van der Waals surface area contributed by atoms with Gasteiger partial charge in [-0.15, -0.1) is 0 Å². The van der Waals surface area contributed by atoms with Crippen molar-refractivity contribution in [3.05, 3.63) is 58.9 Å². The molecule has 0 fully saturated rings. The van der Waals surface area contributed by atoms with Crippen molar-refractivity contribution >= 4 is 23.7 Å². The fourth-order valence-electron chi connectivity index (χ4n) is 4.26. The second-order valence-corrected chi connectivity index (χ2v) is 10.4. The highest BCUT2D eigenvalue weighted by Gasteiger charge is 2.39. The molecule has 1 heterocycles. The second-order valence-electron chi connectivity index (χ2n) is 10.4. The van der Waals surface area contributed by atoms with Gasteiger partial charge in [0.1, 0.15) is 23.2 Å². The summed E-state index contributed by atoms with van der Waals surface area (Å²) in [6, 6.07) is 8.45. The number of fused-ring (bicyclic) bond motifs is 1.